The molecule has 4 amide bonds. The number of aromatic amines is 1. The van der Waals surface area contributed by atoms with Crippen molar-refractivity contribution in [3.63, 3.8) is 0 Å². The Kier molecular flexibility index (Phi) is 11.3. The maximum atomic E-state index is 13.5. The summed E-state index contributed by atoms with van der Waals surface area (Å²) in [5, 5.41) is 27.0. The summed E-state index contributed by atoms with van der Waals surface area (Å²) in [6.07, 6.45) is 0.306. The number of amides is 4. The highest BCUT2D eigenvalue weighted by Gasteiger charge is 2.31. The second-order valence-electron chi connectivity index (χ2n) is 9.98. The van der Waals surface area contributed by atoms with E-state index < -0.39 is 66.2 Å². The topological polar surface area (TPSA) is 247 Å². The van der Waals surface area contributed by atoms with Gasteiger partial charge in [0.2, 0.25) is 23.6 Å². The van der Waals surface area contributed by atoms with E-state index in [4.69, 9.17) is 16.6 Å². The van der Waals surface area contributed by atoms with E-state index in [1.165, 1.54) is 0 Å². The lowest BCUT2D eigenvalue weighted by Crippen LogP contribution is -2.58. The van der Waals surface area contributed by atoms with Crippen molar-refractivity contribution in [2.45, 2.75) is 56.3 Å². The Morgan fingerprint density at radius 3 is 2.02 bits per heavy atom. The van der Waals surface area contributed by atoms with Crippen LogP contribution in [-0.4, -0.2) is 74.9 Å². The first-order valence-corrected chi connectivity index (χ1v) is 13.4. The molecule has 0 aliphatic rings. The molecule has 0 aliphatic heterocycles. The van der Waals surface area contributed by atoms with E-state index in [0.717, 1.165) is 10.9 Å². The molecule has 3 rings (SSSR count). The predicted octanol–water partition coefficient (Wildman–Crippen LogP) is -0.440. The predicted molar refractivity (Wildman–Crippen MR) is 154 cm³/mol. The number of hydrogen-bond acceptors (Lipinski definition) is 7. The second-order valence-corrected chi connectivity index (χ2v) is 9.98. The van der Waals surface area contributed by atoms with Crippen LogP contribution in [0.25, 0.3) is 10.9 Å². The number of nitrogens with two attached hydrogens (primary N) is 2. The highest BCUT2D eigenvalue weighted by atomic mass is 16.4. The molecule has 1 aromatic heterocycles. The quantitative estimate of drug-likeness (QED) is 0.107. The van der Waals surface area contributed by atoms with Crippen LogP contribution in [0.4, 0.5) is 0 Å². The number of fused-ring (bicyclic) bond motifs is 1. The van der Waals surface area contributed by atoms with Gasteiger partial charge in [-0.3, -0.25) is 24.0 Å². The largest absolute Gasteiger partial charge is 0.481 e. The third-order valence-corrected chi connectivity index (χ3v) is 6.67. The van der Waals surface area contributed by atoms with Crippen LogP contribution >= 0.6 is 0 Å². The molecule has 0 radical (unpaired) electrons. The summed E-state index contributed by atoms with van der Waals surface area (Å²) in [7, 11) is 0. The number of rotatable bonds is 16. The number of carbonyl (C=O) groups is 6. The summed E-state index contributed by atoms with van der Waals surface area (Å²) in [5.41, 5.74) is 12.9. The number of carboxylic acid groups (broad SMARTS) is 2. The highest BCUT2D eigenvalue weighted by Crippen LogP contribution is 2.19. The first-order chi connectivity index (χ1) is 20.4. The molecule has 0 aliphatic carbocycles. The molecule has 0 fully saturated rings. The number of para-hydroxylation sites is 1. The summed E-state index contributed by atoms with van der Waals surface area (Å²) in [4.78, 5) is 76.9. The number of H-pyrrole nitrogens is 1. The number of primary amides is 1. The summed E-state index contributed by atoms with van der Waals surface area (Å²) < 4.78 is 0. The van der Waals surface area contributed by atoms with Crippen LogP contribution in [0.1, 0.15) is 30.4 Å². The lowest BCUT2D eigenvalue weighted by atomic mass is 10.0. The minimum atomic E-state index is -1.48. The first kappa shape index (κ1) is 32.3. The Hall–Kier alpha value is -5.24. The van der Waals surface area contributed by atoms with Crippen molar-refractivity contribution in [1.29, 1.82) is 0 Å². The zero-order valence-corrected chi connectivity index (χ0v) is 23.1. The Morgan fingerprint density at radius 1 is 0.767 bits per heavy atom. The van der Waals surface area contributed by atoms with E-state index in [-0.39, 0.29) is 25.7 Å². The lowest BCUT2D eigenvalue weighted by Gasteiger charge is -2.25. The van der Waals surface area contributed by atoms with E-state index >= 15 is 0 Å². The van der Waals surface area contributed by atoms with Crippen molar-refractivity contribution in [3.8, 4) is 0 Å². The number of carbonyl (C=O) groups excluding carboxylic acids is 4. The fraction of sp³-hybridized carbons (Fsp3) is 0.310. The number of aromatic nitrogens is 1. The standard InChI is InChI=1S/C29H34N6O8/c30-19(14-25(37)38)26(39)33-21(10-11-24(31)36)27(40)34-22(12-16-6-2-1-3-7-16)28(41)35-23(29(42)43)13-17-15-32-20-9-5-4-8-18(17)20/h1-9,15,19,21-23,32H,10-14,30H2,(H2,31,36)(H,33,39)(H,34,40)(H,35,41)(H,37,38)(H,42,43). The number of nitrogens with one attached hydrogen (secondary N) is 4. The number of hydrogen-bond donors (Lipinski definition) is 8. The fourth-order valence-corrected chi connectivity index (χ4v) is 4.44. The Morgan fingerprint density at radius 2 is 1.37 bits per heavy atom. The Balaban J connectivity index is 1.82. The van der Waals surface area contributed by atoms with E-state index in [1.54, 1.807) is 42.6 Å². The van der Waals surface area contributed by atoms with Gasteiger partial charge in [-0.2, -0.15) is 0 Å². The fourth-order valence-electron chi connectivity index (χ4n) is 4.44. The van der Waals surface area contributed by atoms with Crippen LogP contribution in [0.3, 0.4) is 0 Å². The number of carboxylic acids is 2. The zero-order chi connectivity index (χ0) is 31.5. The third-order valence-electron chi connectivity index (χ3n) is 6.67. The van der Waals surface area contributed by atoms with Crippen molar-refractivity contribution in [2.75, 3.05) is 0 Å². The summed E-state index contributed by atoms with van der Waals surface area (Å²) in [6, 6.07) is 10.4. The van der Waals surface area contributed by atoms with Crippen LogP contribution in [0, 0.1) is 0 Å². The van der Waals surface area contributed by atoms with Crippen molar-refractivity contribution >= 4 is 46.5 Å². The van der Waals surface area contributed by atoms with Gasteiger partial charge in [0.15, 0.2) is 0 Å². The van der Waals surface area contributed by atoms with Crippen molar-refractivity contribution in [3.05, 3.63) is 71.9 Å². The summed E-state index contributed by atoms with van der Waals surface area (Å²) >= 11 is 0. The van der Waals surface area contributed by atoms with Crippen molar-refractivity contribution < 1.29 is 39.0 Å². The monoisotopic (exact) mass is 594 g/mol. The zero-order valence-electron chi connectivity index (χ0n) is 23.1. The number of aliphatic carboxylic acids is 2. The normalized spacial score (nSPS) is 13.7. The van der Waals surface area contributed by atoms with Gasteiger partial charge in [0, 0.05) is 36.4 Å². The molecule has 0 saturated heterocycles. The SMILES string of the molecule is NC(=O)CCC(NC(=O)C(N)CC(=O)O)C(=O)NC(Cc1ccccc1)C(=O)NC(Cc1c[nH]c2ccccc12)C(=O)O. The average Bonchev–Trinajstić information content (AvgIpc) is 3.37. The van der Waals surface area contributed by atoms with Gasteiger partial charge in [-0.15, -0.1) is 0 Å². The molecule has 0 saturated carbocycles. The molecule has 2 aromatic carbocycles. The van der Waals surface area contributed by atoms with Crippen LogP contribution < -0.4 is 27.4 Å². The van der Waals surface area contributed by atoms with E-state index in [0.29, 0.717) is 11.1 Å². The maximum Gasteiger partial charge on any atom is 0.326 e. The van der Waals surface area contributed by atoms with Crippen molar-refractivity contribution in [1.82, 2.24) is 20.9 Å². The van der Waals surface area contributed by atoms with Gasteiger partial charge in [-0.05, 0) is 23.6 Å². The highest BCUT2D eigenvalue weighted by molar-refractivity contribution is 5.95. The average molecular weight is 595 g/mol. The van der Waals surface area contributed by atoms with E-state index in [2.05, 4.69) is 20.9 Å². The Bertz CT molecular complexity index is 1470. The molecule has 3 aromatic rings. The van der Waals surface area contributed by atoms with Crippen molar-refractivity contribution in [2.24, 2.45) is 11.5 Å². The molecular weight excluding hydrogens is 560 g/mol. The van der Waals surface area contributed by atoms with Gasteiger partial charge >= 0.3 is 11.9 Å². The van der Waals surface area contributed by atoms with Gasteiger partial charge in [0.1, 0.15) is 18.1 Å². The molecule has 14 heteroatoms. The molecule has 4 atom stereocenters. The third kappa shape index (κ3) is 9.67. The van der Waals surface area contributed by atoms with Crippen LogP contribution in [0.5, 0.6) is 0 Å². The van der Waals surface area contributed by atoms with E-state index in [9.17, 15) is 33.9 Å². The van der Waals surface area contributed by atoms with Crippen LogP contribution in [0.15, 0.2) is 60.8 Å². The van der Waals surface area contributed by atoms with E-state index in [1.807, 2.05) is 18.2 Å². The molecule has 228 valence electrons. The van der Waals surface area contributed by atoms with Gasteiger partial charge in [0.25, 0.3) is 0 Å². The molecule has 10 N–H and O–H groups in total. The van der Waals surface area contributed by atoms with Gasteiger partial charge in [-0.1, -0.05) is 48.5 Å². The maximum absolute atomic E-state index is 13.5. The van der Waals surface area contributed by atoms with Gasteiger partial charge < -0.3 is 42.6 Å². The molecule has 0 bridgehead atoms. The smallest absolute Gasteiger partial charge is 0.326 e. The second kappa shape index (κ2) is 15.1. The lowest BCUT2D eigenvalue weighted by molar-refractivity contribution is -0.142. The minimum Gasteiger partial charge on any atom is -0.481 e. The van der Waals surface area contributed by atoms with Gasteiger partial charge in [-0.25, -0.2) is 4.79 Å². The minimum absolute atomic E-state index is 0.0349. The summed E-state index contributed by atoms with van der Waals surface area (Å²) in [6.45, 7) is 0. The van der Waals surface area contributed by atoms with Gasteiger partial charge in [0.05, 0.1) is 12.5 Å². The van der Waals surface area contributed by atoms with Crippen LogP contribution in [-0.2, 0) is 41.6 Å². The molecule has 14 nitrogen and oxygen atoms in total. The summed E-state index contributed by atoms with van der Waals surface area (Å²) in [5.74, 6) is -6.02. The van der Waals surface area contributed by atoms with Crippen LogP contribution in [0.2, 0.25) is 0 Å². The Labute approximate surface area is 246 Å². The molecular formula is C29H34N6O8. The molecule has 0 spiro atoms. The first-order valence-electron chi connectivity index (χ1n) is 13.4. The molecule has 43 heavy (non-hydrogen) atoms. The molecule has 1 heterocycles. The number of benzene rings is 2. The molecule has 4 unspecified atom stereocenters.